The first kappa shape index (κ1) is 29.9. The zero-order valence-electron chi connectivity index (χ0n) is 22.0. The van der Waals surface area contributed by atoms with Gasteiger partial charge in [0.25, 0.3) is 0 Å². The van der Waals surface area contributed by atoms with E-state index in [1.54, 1.807) is 11.8 Å². The molecule has 1 fully saturated rings. The lowest BCUT2D eigenvalue weighted by Crippen LogP contribution is -2.41. The molecule has 2 N–H and O–H groups in total. The summed E-state index contributed by atoms with van der Waals surface area (Å²) in [5.41, 5.74) is -3.01. The van der Waals surface area contributed by atoms with E-state index in [9.17, 15) is 14.0 Å². The summed E-state index contributed by atoms with van der Waals surface area (Å²) in [6, 6.07) is 0. The number of rotatable bonds is 14. The summed E-state index contributed by atoms with van der Waals surface area (Å²) in [5.74, 6) is 1.40. The summed E-state index contributed by atoms with van der Waals surface area (Å²) in [5, 5.41) is 15.7. The lowest BCUT2D eigenvalue weighted by Gasteiger charge is -2.36. The molecular weight excluding hydrogens is 502 g/mol. The summed E-state index contributed by atoms with van der Waals surface area (Å²) >= 11 is 4.52. The van der Waals surface area contributed by atoms with Gasteiger partial charge >= 0.3 is 0 Å². The van der Waals surface area contributed by atoms with Gasteiger partial charge in [-0.25, -0.2) is 4.39 Å². The molecule has 1 heterocycles. The molecule has 0 aromatic carbocycles. The molecule has 2 amide bonds. The van der Waals surface area contributed by atoms with Gasteiger partial charge in [0.1, 0.15) is 18.5 Å². The maximum absolute atomic E-state index is 14.4. The molecule has 6 nitrogen and oxygen atoms in total. The number of aryl methyl sites for hydroxylation is 1. The number of anilines is 1. The predicted octanol–water partition coefficient (Wildman–Crippen LogP) is 5.36. The summed E-state index contributed by atoms with van der Waals surface area (Å²) < 4.78 is 14.4. The largest absolute Gasteiger partial charge is 0.320 e. The summed E-state index contributed by atoms with van der Waals surface area (Å²) in [6.07, 6.45) is 2.66. The Morgan fingerprint density at radius 2 is 1.77 bits per heavy atom. The smallest absolute Gasteiger partial charge is 0.234 e. The van der Waals surface area contributed by atoms with Crippen LogP contribution in [0.4, 0.5) is 9.52 Å². The SMILES string of the molecule is BC(C)(C)C(C)(C)C(=O)Nc1nnc(CCSCCC(=C)SC(=C)NC(=O)C2(C(C)(C)F)CC2)s1. The third kappa shape index (κ3) is 7.83. The van der Waals surface area contributed by atoms with E-state index in [4.69, 9.17) is 0 Å². The molecule has 0 saturated heterocycles. The summed E-state index contributed by atoms with van der Waals surface area (Å²) in [7, 11) is 2.05. The van der Waals surface area contributed by atoms with Crippen molar-refractivity contribution >= 4 is 59.7 Å². The average molecular weight is 541 g/mol. The number of hydrogen-bond acceptors (Lipinski definition) is 7. The van der Waals surface area contributed by atoms with Crippen LogP contribution in [0.5, 0.6) is 0 Å². The highest BCUT2D eigenvalue weighted by molar-refractivity contribution is 8.06. The van der Waals surface area contributed by atoms with Gasteiger partial charge in [-0.3, -0.25) is 9.59 Å². The molecule has 1 aromatic rings. The number of nitrogens with zero attached hydrogens (tertiary/aromatic N) is 2. The minimum atomic E-state index is -1.54. The Balaban J connectivity index is 1.66. The van der Waals surface area contributed by atoms with E-state index in [1.165, 1.54) is 36.9 Å². The maximum Gasteiger partial charge on any atom is 0.234 e. The van der Waals surface area contributed by atoms with Crippen LogP contribution in [0, 0.1) is 10.8 Å². The van der Waals surface area contributed by atoms with Crippen LogP contribution in [0.25, 0.3) is 0 Å². The third-order valence-corrected chi connectivity index (χ3v) is 9.68. The van der Waals surface area contributed by atoms with Crippen LogP contribution in [0.1, 0.15) is 65.8 Å². The Hall–Kier alpha value is -1.33. The Labute approximate surface area is 222 Å². The number of halogens is 1. The number of alkyl halides is 1. The van der Waals surface area contributed by atoms with Gasteiger partial charge in [-0.1, -0.05) is 69.3 Å². The fraction of sp³-hybridized carbons (Fsp3) is 0.667. The van der Waals surface area contributed by atoms with Gasteiger partial charge in [0.05, 0.1) is 10.4 Å². The molecule has 1 saturated carbocycles. The van der Waals surface area contributed by atoms with Crippen LogP contribution in [0.15, 0.2) is 23.1 Å². The van der Waals surface area contributed by atoms with E-state index in [0.29, 0.717) is 23.0 Å². The molecule has 0 bridgehead atoms. The number of carbonyl (C=O) groups is 2. The Kier molecular flexibility index (Phi) is 9.72. The van der Waals surface area contributed by atoms with E-state index < -0.39 is 16.5 Å². The van der Waals surface area contributed by atoms with E-state index in [-0.39, 0.29) is 17.1 Å². The molecule has 1 aliphatic rings. The number of amides is 2. The highest BCUT2D eigenvalue weighted by atomic mass is 32.2. The van der Waals surface area contributed by atoms with Crippen molar-refractivity contribution in [3.63, 3.8) is 0 Å². The highest BCUT2D eigenvalue weighted by Gasteiger charge is 2.61. The summed E-state index contributed by atoms with van der Waals surface area (Å²) in [6.45, 7) is 18.8. The number of nitrogens with one attached hydrogen (secondary N) is 2. The first-order chi connectivity index (χ1) is 16.0. The molecule has 2 rings (SSSR count). The Morgan fingerprint density at radius 1 is 1.14 bits per heavy atom. The van der Waals surface area contributed by atoms with Crippen molar-refractivity contribution in [3.8, 4) is 0 Å². The summed E-state index contributed by atoms with van der Waals surface area (Å²) in [4.78, 5) is 26.0. The van der Waals surface area contributed by atoms with E-state index in [1.807, 2.05) is 35.5 Å². The van der Waals surface area contributed by atoms with Gasteiger partial charge in [0, 0.05) is 11.8 Å². The number of carbonyl (C=O) groups excluding carboxylic acids is 2. The molecular formula is C24H38BFN4O2S3. The van der Waals surface area contributed by atoms with Gasteiger partial charge in [0.15, 0.2) is 0 Å². The van der Waals surface area contributed by atoms with Gasteiger partial charge in [-0.05, 0) is 49.5 Å². The normalized spacial score (nSPS) is 15.4. The number of allylic oxidation sites excluding steroid dienone is 1. The predicted molar refractivity (Wildman–Crippen MR) is 151 cm³/mol. The van der Waals surface area contributed by atoms with Crippen LogP contribution < -0.4 is 10.6 Å². The zero-order valence-corrected chi connectivity index (χ0v) is 24.4. The lowest BCUT2D eigenvalue weighted by atomic mass is 9.55. The molecule has 0 radical (unpaired) electrons. The second kappa shape index (κ2) is 11.4. The molecule has 0 atom stereocenters. The monoisotopic (exact) mass is 540 g/mol. The molecule has 35 heavy (non-hydrogen) atoms. The van der Waals surface area contributed by atoms with E-state index in [0.717, 1.165) is 34.3 Å². The van der Waals surface area contributed by atoms with Crippen LogP contribution in [0.2, 0.25) is 5.31 Å². The fourth-order valence-corrected chi connectivity index (χ4v) is 5.78. The number of hydrogen-bond donors (Lipinski definition) is 2. The second-order valence-electron chi connectivity index (χ2n) is 11.0. The van der Waals surface area contributed by atoms with Crippen molar-refractivity contribution in [2.24, 2.45) is 10.8 Å². The minimum Gasteiger partial charge on any atom is -0.320 e. The Bertz CT molecular complexity index is 963. The van der Waals surface area contributed by atoms with Crippen molar-refractivity contribution in [3.05, 3.63) is 28.1 Å². The molecule has 194 valence electrons. The van der Waals surface area contributed by atoms with Gasteiger partial charge in [0.2, 0.25) is 16.9 Å². The Morgan fingerprint density at radius 3 is 2.31 bits per heavy atom. The second-order valence-corrected chi connectivity index (χ2v) is 14.6. The molecule has 11 heteroatoms. The third-order valence-electron chi connectivity index (χ3n) is 6.96. The van der Waals surface area contributed by atoms with E-state index >= 15 is 0 Å². The molecule has 0 aliphatic heterocycles. The fourth-order valence-electron chi connectivity index (χ4n) is 3.16. The first-order valence-electron chi connectivity index (χ1n) is 11.8. The first-order valence-corrected chi connectivity index (χ1v) is 14.5. The van der Waals surface area contributed by atoms with Gasteiger partial charge < -0.3 is 10.6 Å². The van der Waals surface area contributed by atoms with Crippen molar-refractivity contribution in [1.29, 1.82) is 0 Å². The van der Waals surface area contributed by atoms with Crippen LogP contribution in [-0.2, 0) is 16.0 Å². The van der Waals surface area contributed by atoms with Crippen LogP contribution in [-0.4, -0.2) is 47.0 Å². The van der Waals surface area contributed by atoms with Gasteiger partial charge in [-0.2, -0.15) is 11.8 Å². The van der Waals surface area contributed by atoms with Crippen LogP contribution in [0.3, 0.4) is 0 Å². The topological polar surface area (TPSA) is 84.0 Å². The van der Waals surface area contributed by atoms with Crippen molar-refractivity contribution in [1.82, 2.24) is 15.5 Å². The molecule has 1 aliphatic carbocycles. The highest BCUT2D eigenvalue weighted by Crippen LogP contribution is 2.56. The van der Waals surface area contributed by atoms with Crippen molar-refractivity contribution in [2.45, 2.75) is 78.2 Å². The number of aromatic nitrogens is 2. The van der Waals surface area contributed by atoms with Crippen molar-refractivity contribution < 1.29 is 14.0 Å². The standard InChI is InChI=1S/C24H38BFN4O2S3/c1-15(34-16(2)27-19(32)24(11-12-24)23(7,8)26)9-13-33-14-10-17-29-30-20(35-17)28-18(31)21(3,4)22(5,6)25/h1-2,9-14,25H2,3-8H3,(H,27,32)(H,28,30,31). The molecule has 0 unspecified atom stereocenters. The van der Waals surface area contributed by atoms with Crippen LogP contribution >= 0.6 is 34.9 Å². The molecule has 1 aromatic heterocycles. The molecule has 0 spiro atoms. The average Bonchev–Trinajstić information content (AvgIpc) is 3.43. The van der Waals surface area contributed by atoms with Crippen molar-refractivity contribution in [2.75, 3.05) is 16.8 Å². The number of thioether (sulfide) groups is 2. The lowest BCUT2D eigenvalue weighted by molar-refractivity contribution is -0.130. The van der Waals surface area contributed by atoms with E-state index in [2.05, 4.69) is 34.0 Å². The van der Waals surface area contributed by atoms with Gasteiger partial charge in [-0.15, -0.1) is 10.2 Å². The maximum atomic E-state index is 14.4. The zero-order chi connectivity index (χ0) is 26.7. The minimum absolute atomic E-state index is 0.0587. The quantitative estimate of drug-likeness (QED) is 0.244.